The largest absolute Gasteiger partial charge is 0.483 e. The maximum Gasteiger partial charge on any atom is 0.261 e. The van der Waals surface area contributed by atoms with Gasteiger partial charge < -0.3 is 24.4 Å². The number of benzene rings is 1. The first kappa shape index (κ1) is 20.7. The van der Waals surface area contributed by atoms with Crippen molar-refractivity contribution in [1.29, 1.82) is 0 Å². The number of hydrogen-bond acceptors (Lipinski definition) is 5. The highest BCUT2D eigenvalue weighted by Crippen LogP contribution is 2.41. The van der Waals surface area contributed by atoms with Crippen LogP contribution in [0.15, 0.2) is 18.2 Å². The van der Waals surface area contributed by atoms with Gasteiger partial charge in [-0.1, -0.05) is 6.07 Å². The van der Waals surface area contributed by atoms with Crippen molar-refractivity contribution in [2.75, 3.05) is 26.4 Å². The molecule has 1 saturated carbocycles. The molecule has 8 heteroatoms. The van der Waals surface area contributed by atoms with Crippen LogP contribution in [0.3, 0.4) is 0 Å². The van der Waals surface area contributed by atoms with Gasteiger partial charge in [-0.05, 0) is 57.1 Å². The van der Waals surface area contributed by atoms with Crippen LogP contribution in [0.25, 0.3) is 0 Å². The molecule has 2 amide bonds. The molecular weight excluding hydrogens is 403 g/mol. The van der Waals surface area contributed by atoms with Crippen LogP contribution in [0.4, 0.5) is 4.39 Å². The minimum absolute atomic E-state index is 0.0348. The smallest absolute Gasteiger partial charge is 0.261 e. The lowest BCUT2D eigenvalue weighted by Gasteiger charge is -2.41. The molecule has 1 N–H and O–H groups in total. The Bertz CT molecular complexity index is 872. The summed E-state index contributed by atoms with van der Waals surface area (Å²) in [6.45, 7) is 2.50. The summed E-state index contributed by atoms with van der Waals surface area (Å²) in [6, 6.07) is 4.37. The highest BCUT2D eigenvalue weighted by Gasteiger charge is 2.55. The number of amides is 2. The minimum Gasteiger partial charge on any atom is -0.483 e. The van der Waals surface area contributed by atoms with Gasteiger partial charge in [0.1, 0.15) is 18.2 Å². The Kier molecular flexibility index (Phi) is 5.38. The maximum absolute atomic E-state index is 14.7. The fourth-order valence-electron chi connectivity index (χ4n) is 5.96. The zero-order valence-electron chi connectivity index (χ0n) is 17.8. The number of nitrogens with one attached hydrogen (secondary N) is 1. The molecule has 6 rings (SSSR count). The van der Waals surface area contributed by atoms with Gasteiger partial charge >= 0.3 is 0 Å². The third-order valence-electron chi connectivity index (χ3n) is 7.31. The molecule has 2 bridgehead atoms. The van der Waals surface area contributed by atoms with Crippen LogP contribution in [-0.4, -0.2) is 66.9 Å². The lowest BCUT2D eigenvalue weighted by Crippen LogP contribution is -2.65. The Hall–Kier alpha value is -2.19. The van der Waals surface area contributed by atoms with E-state index < -0.39 is 5.54 Å². The van der Waals surface area contributed by atoms with Gasteiger partial charge in [-0.25, -0.2) is 4.39 Å². The van der Waals surface area contributed by atoms with E-state index in [1.807, 2.05) is 6.92 Å². The molecule has 1 aliphatic carbocycles. The van der Waals surface area contributed by atoms with Gasteiger partial charge in [0.2, 0.25) is 5.91 Å². The van der Waals surface area contributed by atoms with Gasteiger partial charge in [0.15, 0.2) is 6.61 Å². The van der Waals surface area contributed by atoms with Crippen molar-refractivity contribution in [3.8, 4) is 5.75 Å². The molecule has 7 nitrogen and oxygen atoms in total. The number of hydrogen-bond donors (Lipinski definition) is 1. The van der Waals surface area contributed by atoms with E-state index in [1.54, 1.807) is 17.0 Å². The highest BCUT2D eigenvalue weighted by molar-refractivity contribution is 5.81. The van der Waals surface area contributed by atoms with Gasteiger partial charge in [0, 0.05) is 11.6 Å². The van der Waals surface area contributed by atoms with E-state index in [0.29, 0.717) is 30.9 Å². The van der Waals surface area contributed by atoms with E-state index in [1.165, 1.54) is 6.07 Å². The fourth-order valence-corrected chi connectivity index (χ4v) is 5.96. The van der Waals surface area contributed by atoms with E-state index >= 15 is 0 Å². The molecule has 4 aliphatic heterocycles. The average molecular weight is 432 g/mol. The zero-order chi connectivity index (χ0) is 21.6. The van der Waals surface area contributed by atoms with Crippen LogP contribution in [0.5, 0.6) is 5.75 Å². The Labute approximate surface area is 181 Å². The van der Waals surface area contributed by atoms with E-state index in [-0.39, 0.29) is 55.0 Å². The first-order valence-corrected chi connectivity index (χ1v) is 11.2. The number of fused-ring (bicyclic) bond motifs is 5. The third-order valence-corrected chi connectivity index (χ3v) is 7.31. The molecule has 3 fully saturated rings. The second-order valence-electron chi connectivity index (χ2n) is 9.31. The molecule has 168 valence electrons. The van der Waals surface area contributed by atoms with Gasteiger partial charge in [-0.2, -0.15) is 0 Å². The molecule has 0 radical (unpaired) electrons. The molecule has 0 aromatic heterocycles. The standard InChI is InChI=1S/C23H29FN2O5/c1-14-9-23(13-29-11-20(27)25-23)19-10-30-16-7-5-15(6-8-16)22-17(24)3-2-4-18(22)31-12-21(28)26(14)19/h2-4,14-16,19H,5-13H2,1H3,(H,25,27). The third kappa shape index (κ3) is 3.69. The second kappa shape index (κ2) is 8.06. The number of ether oxygens (including phenoxy) is 3. The minimum atomic E-state index is -0.661. The van der Waals surface area contributed by atoms with Crippen LogP contribution in [0, 0.1) is 5.82 Å². The molecule has 1 spiro atoms. The molecule has 4 heterocycles. The van der Waals surface area contributed by atoms with Crippen LogP contribution in [-0.2, 0) is 19.1 Å². The molecule has 3 unspecified atom stereocenters. The molecule has 2 saturated heterocycles. The summed E-state index contributed by atoms with van der Waals surface area (Å²) in [5, 5.41) is 3.10. The summed E-state index contributed by atoms with van der Waals surface area (Å²) in [4.78, 5) is 27.2. The van der Waals surface area contributed by atoms with Gasteiger partial charge in [-0.15, -0.1) is 0 Å². The van der Waals surface area contributed by atoms with E-state index in [4.69, 9.17) is 14.2 Å². The summed E-state index contributed by atoms with van der Waals surface area (Å²) in [5.41, 5.74) is -0.0883. The van der Waals surface area contributed by atoms with Crippen LogP contribution in [0.2, 0.25) is 0 Å². The Morgan fingerprint density at radius 2 is 1.97 bits per heavy atom. The predicted octanol–water partition coefficient (Wildman–Crippen LogP) is 2.14. The van der Waals surface area contributed by atoms with Crippen LogP contribution < -0.4 is 10.1 Å². The first-order valence-electron chi connectivity index (χ1n) is 11.2. The van der Waals surface area contributed by atoms with Crippen molar-refractivity contribution in [2.24, 2.45) is 0 Å². The monoisotopic (exact) mass is 432 g/mol. The first-order chi connectivity index (χ1) is 15.0. The summed E-state index contributed by atoms with van der Waals surface area (Å²) in [6.07, 6.45) is 3.92. The van der Waals surface area contributed by atoms with E-state index in [9.17, 15) is 14.0 Å². The predicted molar refractivity (Wildman–Crippen MR) is 109 cm³/mol. The molecule has 5 aliphatic rings. The molecular formula is C23H29FN2O5. The van der Waals surface area contributed by atoms with Gasteiger partial charge in [0.25, 0.3) is 5.91 Å². The van der Waals surface area contributed by atoms with E-state index in [0.717, 1.165) is 25.7 Å². The summed E-state index contributed by atoms with van der Waals surface area (Å²) >= 11 is 0. The Balaban J connectivity index is 1.48. The number of halogens is 1. The highest BCUT2D eigenvalue weighted by atomic mass is 19.1. The normalized spacial score (nSPS) is 36.0. The number of rotatable bonds is 0. The van der Waals surface area contributed by atoms with Crippen molar-refractivity contribution in [1.82, 2.24) is 10.2 Å². The number of carbonyl (C=O) groups excluding carboxylic acids is 2. The molecule has 3 atom stereocenters. The molecule has 31 heavy (non-hydrogen) atoms. The average Bonchev–Trinajstić information content (AvgIpc) is 3.01. The summed E-state index contributed by atoms with van der Waals surface area (Å²) < 4.78 is 32.5. The topological polar surface area (TPSA) is 77.1 Å². The quantitative estimate of drug-likeness (QED) is 0.680. The molecule has 1 aromatic rings. The number of morpholine rings is 1. The number of carbonyl (C=O) groups is 2. The summed E-state index contributed by atoms with van der Waals surface area (Å²) in [5.74, 6) is -0.138. The van der Waals surface area contributed by atoms with Gasteiger partial charge in [-0.3, -0.25) is 9.59 Å². The van der Waals surface area contributed by atoms with Gasteiger partial charge in [0.05, 0.1) is 30.9 Å². The maximum atomic E-state index is 14.7. The lowest BCUT2D eigenvalue weighted by molar-refractivity contribution is -0.145. The fraction of sp³-hybridized carbons (Fsp3) is 0.652. The lowest BCUT2D eigenvalue weighted by atomic mass is 9.82. The van der Waals surface area contributed by atoms with Crippen molar-refractivity contribution in [2.45, 2.75) is 68.7 Å². The zero-order valence-corrected chi connectivity index (χ0v) is 17.8. The SMILES string of the molecule is CC1CC2(COCC(=O)N2)C2COC3CCC(CC3)c3c(F)cccc3OCC(=O)N12. The Morgan fingerprint density at radius 1 is 1.16 bits per heavy atom. The van der Waals surface area contributed by atoms with E-state index in [2.05, 4.69) is 5.32 Å². The summed E-state index contributed by atoms with van der Waals surface area (Å²) in [7, 11) is 0. The Morgan fingerprint density at radius 3 is 2.74 bits per heavy atom. The van der Waals surface area contributed by atoms with Crippen molar-refractivity contribution in [3.05, 3.63) is 29.6 Å². The van der Waals surface area contributed by atoms with Crippen molar-refractivity contribution >= 4 is 11.8 Å². The second-order valence-corrected chi connectivity index (χ2v) is 9.31. The van der Waals surface area contributed by atoms with Crippen molar-refractivity contribution < 1.29 is 28.2 Å². The van der Waals surface area contributed by atoms with Crippen LogP contribution in [0.1, 0.15) is 50.5 Å². The molecule has 1 aromatic carbocycles. The van der Waals surface area contributed by atoms with Crippen molar-refractivity contribution in [3.63, 3.8) is 0 Å². The number of nitrogens with zero attached hydrogens (tertiary/aromatic N) is 1. The van der Waals surface area contributed by atoms with Crippen LogP contribution >= 0.6 is 0 Å².